The summed E-state index contributed by atoms with van der Waals surface area (Å²) in [4.78, 5) is 20.2. The van der Waals surface area contributed by atoms with Crippen LogP contribution in [0.4, 0.5) is 5.69 Å². The lowest BCUT2D eigenvalue weighted by Crippen LogP contribution is -2.29. The van der Waals surface area contributed by atoms with Crippen molar-refractivity contribution in [1.82, 2.24) is 4.90 Å². The number of carbonyl (C=O) groups is 1. The van der Waals surface area contributed by atoms with Gasteiger partial charge in [0.05, 0.1) is 10.6 Å². The van der Waals surface area contributed by atoms with Crippen molar-refractivity contribution in [1.29, 1.82) is 0 Å². The Labute approximate surface area is 207 Å². The number of amides is 1. The number of aliphatic imine (C=N–C) groups is 1. The monoisotopic (exact) mass is 496 g/mol. The minimum Gasteiger partial charge on any atom is -0.488 e. The second-order valence-corrected chi connectivity index (χ2v) is 9.27. The van der Waals surface area contributed by atoms with Gasteiger partial charge in [-0.1, -0.05) is 60.5 Å². The van der Waals surface area contributed by atoms with Crippen LogP contribution in [-0.4, -0.2) is 22.5 Å². The van der Waals surface area contributed by atoms with Gasteiger partial charge >= 0.3 is 0 Å². The molecule has 4 nitrogen and oxygen atoms in total. The highest BCUT2D eigenvalue weighted by Crippen LogP contribution is 2.36. The van der Waals surface area contributed by atoms with E-state index in [2.05, 4.69) is 0 Å². The van der Waals surface area contributed by atoms with E-state index in [0.717, 1.165) is 23.2 Å². The van der Waals surface area contributed by atoms with Crippen molar-refractivity contribution >= 4 is 57.8 Å². The van der Waals surface area contributed by atoms with E-state index < -0.39 is 0 Å². The highest BCUT2D eigenvalue weighted by atomic mass is 35.5. The van der Waals surface area contributed by atoms with Crippen molar-refractivity contribution in [2.75, 3.05) is 6.54 Å². The molecular weight excluding hydrogens is 475 g/mol. The van der Waals surface area contributed by atoms with Crippen molar-refractivity contribution < 1.29 is 9.53 Å². The summed E-state index contributed by atoms with van der Waals surface area (Å²) in [6, 6.07) is 22.5. The number of thioether (sulfide) groups is 1. The van der Waals surface area contributed by atoms with E-state index in [-0.39, 0.29) is 5.91 Å². The Kier molecular flexibility index (Phi) is 7.76. The molecule has 0 N–H and O–H groups in total. The molecule has 168 valence electrons. The maximum Gasteiger partial charge on any atom is 0.266 e. The third-order valence-electron chi connectivity index (χ3n) is 4.90. The van der Waals surface area contributed by atoms with Gasteiger partial charge in [0, 0.05) is 22.2 Å². The largest absolute Gasteiger partial charge is 0.488 e. The minimum absolute atomic E-state index is 0.0536. The van der Waals surface area contributed by atoms with Crippen LogP contribution >= 0.6 is 35.0 Å². The van der Waals surface area contributed by atoms with Crippen LogP contribution in [0.5, 0.6) is 5.75 Å². The highest BCUT2D eigenvalue weighted by molar-refractivity contribution is 8.18. The van der Waals surface area contributed by atoms with Crippen LogP contribution in [0.15, 0.2) is 82.7 Å². The van der Waals surface area contributed by atoms with Gasteiger partial charge in [-0.05, 0) is 72.3 Å². The number of halogens is 2. The molecule has 0 saturated carbocycles. The molecule has 0 unspecified atom stereocenters. The van der Waals surface area contributed by atoms with Gasteiger partial charge in [-0.2, -0.15) is 0 Å². The standard InChI is InChI=1S/C26H22Cl2N2O2S/c1-2-15-30-25(31)24(33-26(30)29-22-13-11-21(28)12-14-22)16-19-5-3-4-6-23(19)32-17-18-7-9-20(27)10-8-18/h3-14,16H,2,15,17H2,1H3/b24-16-,29-26?. The second kappa shape index (κ2) is 10.9. The number of rotatable bonds is 7. The number of hydrogen-bond donors (Lipinski definition) is 0. The van der Waals surface area contributed by atoms with E-state index in [1.54, 1.807) is 17.0 Å². The van der Waals surface area contributed by atoms with Crippen molar-refractivity contribution in [2.24, 2.45) is 4.99 Å². The topological polar surface area (TPSA) is 41.9 Å². The molecule has 0 radical (unpaired) electrons. The van der Waals surface area contributed by atoms with Crippen LogP contribution in [0.25, 0.3) is 6.08 Å². The fourth-order valence-corrected chi connectivity index (χ4v) is 4.52. The fourth-order valence-electron chi connectivity index (χ4n) is 3.25. The van der Waals surface area contributed by atoms with E-state index in [1.807, 2.05) is 73.7 Å². The van der Waals surface area contributed by atoms with Crippen molar-refractivity contribution in [3.05, 3.63) is 98.9 Å². The van der Waals surface area contributed by atoms with Crippen molar-refractivity contribution in [3.63, 3.8) is 0 Å². The molecular formula is C26H22Cl2N2O2S. The Hall–Kier alpha value is -2.73. The number of nitrogens with zero attached hydrogens (tertiary/aromatic N) is 2. The second-order valence-electron chi connectivity index (χ2n) is 7.39. The molecule has 3 aromatic rings. The van der Waals surface area contributed by atoms with Gasteiger partial charge in [-0.25, -0.2) is 4.99 Å². The smallest absolute Gasteiger partial charge is 0.266 e. The lowest BCUT2D eigenvalue weighted by molar-refractivity contribution is -0.122. The lowest BCUT2D eigenvalue weighted by atomic mass is 10.1. The summed E-state index contributed by atoms with van der Waals surface area (Å²) in [6.45, 7) is 3.05. The molecule has 7 heteroatoms. The molecule has 1 heterocycles. The molecule has 0 atom stereocenters. The predicted molar refractivity (Wildman–Crippen MR) is 138 cm³/mol. The zero-order valence-corrected chi connectivity index (χ0v) is 20.3. The van der Waals surface area contributed by atoms with Gasteiger partial charge in [-0.3, -0.25) is 9.69 Å². The molecule has 0 bridgehead atoms. The molecule has 4 rings (SSSR count). The Bertz CT molecular complexity index is 1190. The average molecular weight is 497 g/mol. The highest BCUT2D eigenvalue weighted by Gasteiger charge is 2.33. The summed E-state index contributed by atoms with van der Waals surface area (Å²) in [5.41, 5.74) is 2.61. The van der Waals surface area contributed by atoms with Gasteiger partial charge < -0.3 is 4.74 Å². The van der Waals surface area contributed by atoms with Crippen molar-refractivity contribution in [3.8, 4) is 5.75 Å². The van der Waals surface area contributed by atoms with Crippen LogP contribution in [0.3, 0.4) is 0 Å². The number of carbonyl (C=O) groups excluding carboxylic acids is 1. The normalized spacial score (nSPS) is 16.1. The van der Waals surface area contributed by atoms with Gasteiger partial charge in [0.2, 0.25) is 0 Å². The minimum atomic E-state index is -0.0536. The molecule has 0 aromatic heterocycles. The SMILES string of the molecule is CCCN1C(=O)/C(=C/c2ccccc2OCc2ccc(Cl)cc2)SC1=Nc1ccc(Cl)cc1. The molecule has 1 aliphatic rings. The number of hydrogen-bond acceptors (Lipinski definition) is 4. The molecule has 1 amide bonds. The average Bonchev–Trinajstić information content (AvgIpc) is 3.10. The first-order valence-corrected chi connectivity index (χ1v) is 12.1. The molecule has 1 aliphatic heterocycles. The van der Waals surface area contributed by atoms with E-state index in [0.29, 0.717) is 39.0 Å². The Balaban J connectivity index is 1.58. The van der Waals surface area contributed by atoms with Crippen LogP contribution in [0.2, 0.25) is 10.0 Å². The quantitative estimate of drug-likeness (QED) is 0.316. The molecule has 1 fully saturated rings. The molecule has 3 aromatic carbocycles. The molecule has 0 spiro atoms. The Morgan fingerprint density at radius 1 is 0.970 bits per heavy atom. The summed E-state index contributed by atoms with van der Waals surface area (Å²) >= 11 is 13.3. The van der Waals surface area contributed by atoms with Crippen molar-refractivity contribution in [2.45, 2.75) is 20.0 Å². The van der Waals surface area contributed by atoms with Gasteiger partial charge in [0.15, 0.2) is 5.17 Å². The first-order chi connectivity index (χ1) is 16.0. The maximum absolute atomic E-state index is 13.2. The first kappa shape index (κ1) is 23.4. The Morgan fingerprint density at radius 3 is 2.33 bits per heavy atom. The Morgan fingerprint density at radius 2 is 1.64 bits per heavy atom. The zero-order valence-electron chi connectivity index (χ0n) is 18.0. The van der Waals surface area contributed by atoms with Crippen LogP contribution in [-0.2, 0) is 11.4 Å². The number of para-hydroxylation sites is 1. The molecule has 0 aliphatic carbocycles. The fraction of sp³-hybridized carbons (Fsp3) is 0.154. The molecule has 1 saturated heterocycles. The van der Waals surface area contributed by atoms with Crippen LogP contribution in [0.1, 0.15) is 24.5 Å². The number of ether oxygens (including phenoxy) is 1. The van der Waals surface area contributed by atoms with E-state index in [9.17, 15) is 4.79 Å². The third-order valence-corrected chi connectivity index (χ3v) is 6.41. The summed E-state index contributed by atoms with van der Waals surface area (Å²) in [7, 11) is 0. The lowest BCUT2D eigenvalue weighted by Gasteiger charge is -2.14. The van der Waals surface area contributed by atoms with Gasteiger partial charge in [0.1, 0.15) is 12.4 Å². The van der Waals surface area contributed by atoms with E-state index in [1.165, 1.54) is 11.8 Å². The maximum atomic E-state index is 13.2. The zero-order chi connectivity index (χ0) is 23.2. The summed E-state index contributed by atoms with van der Waals surface area (Å²) in [6.07, 6.45) is 2.71. The van der Waals surface area contributed by atoms with Gasteiger partial charge in [0.25, 0.3) is 5.91 Å². The molecule has 33 heavy (non-hydrogen) atoms. The van der Waals surface area contributed by atoms with Gasteiger partial charge in [-0.15, -0.1) is 0 Å². The van der Waals surface area contributed by atoms with E-state index in [4.69, 9.17) is 32.9 Å². The predicted octanol–water partition coefficient (Wildman–Crippen LogP) is 7.59. The summed E-state index contributed by atoms with van der Waals surface area (Å²) < 4.78 is 6.05. The number of benzene rings is 3. The third kappa shape index (κ3) is 5.99. The number of amidine groups is 1. The van der Waals surface area contributed by atoms with Crippen LogP contribution < -0.4 is 4.74 Å². The summed E-state index contributed by atoms with van der Waals surface area (Å²) in [5.74, 6) is 0.653. The van der Waals surface area contributed by atoms with E-state index >= 15 is 0 Å². The summed E-state index contributed by atoms with van der Waals surface area (Å²) in [5, 5.41) is 2.00. The van der Waals surface area contributed by atoms with Crippen LogP contribution in [0, 0.1) is 0 Å². The first-order valence-electron chi connectivity index (χ1n) is 10.6.